The molecule has 0 saturated carbocycles. The van der Waals surface area contributed by atoms with Gasteiger partial charge in [-0.05, 0) is 19.4 Å². The number of carbonyl (C=O) groups is 1. The molecule has 2 unspecified atom stereocenters. The fraction of sp³-hybridized carbons (Fsp3) is 0.500. The maximum atomic E-state index is 12.2. The lowest BCUT2D eigenvalue weighted by molar-refractivity contribution is 0.0762. The molecule has 98 valence electrons. The second kappa shape index (κ2) is 5.12. The van der Waals surface area contributed by atoms with E-state index in [1.54, 1.807) is 11.8 Å². The molecule has 0 spiro atoms. The Morgan fingerprint density at radius 2 is 2.44 bits per heavy atom. The Balaban J connectivity index is 2.10. The van der Waals surface area contributed by atoms with Gasteiger partial charge in [-0.3, -0.25) is 4.79 Å². The minimum atomic E-state index is -0.393. The first-order chi connectivity index (χ1) is 8.49. The third-order valence-corrected chi connectivity index (χ3v) is 3.61. The number of nitrogen functional groups attached to an aromatic ring is 1. The first kappa shape index (κ1) is 13.1. The van der Waals surface area contributed by atoms with E-state index in [9.17, 15) is 9.90 Å². The second-order valence-electron chi connectivity index (χ2n) is 4.63. The second-order valence-corrected chi connectivity index (χ2v) is 5.04. The third kappa shape index (κ3) is 2.57. The van der Waals surface area contributed by atoms with Crippen LogP contribution in [0.15, 0.2) is 12.3 Å². The van der Waals surface area contributed by atoms with Gasteiger partial charge in [0, 0.05) is 25.2 Å². The van der Waals surface area contributed by atoms with Crippen LogP contribution in [0.25, 0.3) is 0 Å². The average Bonchev–Trinajstić information content (AvgIpc) is 2.81. The Morgan fingerprint density at radius 1 is 1.72 bits per heavy atom. The lowest BCUT2D eigenvalue weighted by Gasteiger charge is -2.17. The number of aliphatic hydroxyl groups excluding tert-OH is 1. The minimum absolute atomic E-state index is 0.118. The largest absolute Gasteiger partial charge is 0.393 e. The molecule has 18 heavy (non-hydrogen) atoms. The van der Waals surface area contributed by atoms with Gasteiger partial charge in [0.2, 0.25) is 0 Å². The topological polar surface area (TPSA) is 79.5 Å². The van der Waals surface area contributed by atoms with Crippen molar-refractivity contribution in [3.8, 4) is 0 Å². The van der Waals surface area contributed by atoms with Crippen LogP contribution in [-0.2, 0) is 0 Å². The van der Waals surface area contributed by atoms with Crippen molar-refractivity contribution in [1.82, 2.24) is 9.88 Å². The number of amides is 1. The van der Waals surface area contributed by atoms with Crippen LogP contribution in [0, 0.1) is 5.92 Å². The number of aromatic nitrogens is 1. The van der Waals surface area contributed by atoms with Crippen LogP contribution in [0.4, 0.5) is 5.82 Å². The van der Waals surface area contributed by atoms with Gasteiger partial charge in [0.25, 0.3) is 5.91 Å². The van der Waals surface area contributed by atoms with E-state index in [-0.39, 0.29) is 22.7 Å². The van der Waals surface area contributed by atoms with Crippen molar-refractivity contribution >= 4 is 23.3 Å². The number of nitrogens with two attached hydrogens (primary N) is 1. The summed E-state index contributed by atoms with van der Waals surface area (Å²) in [5.74, 6) is 0.246. The zero-order valence-electron chi connectivity index (χ0n) is 10.1. The number of hydrogen-bond donors (Lipinski definition) is 2. The van der Waals surface area contributed by atoms with Crippen molar-refractivity contribution in [3.05, 3.63) is 22.8 Å². The number of nitrogens with zero attached hydrogens (tertiary/aromatic N) is 2. The molecule has 1 aliphatic heterocycles. The number of anilines is 1. The zero-order valence-corrected chi connectivity index (χ0v) is 10.9. The lowest BCUT2D eigenvalue weighted by Crippen LogP contribution is -2.30. The van der Waals surface area contributed by atoms with Crippen molar-refractivity contribution in [2.24, 2.45) is 5.92 Å². The molecule has 0 radical (unpaired) electrons. The average molecular weight is 270 g/mol. The highest BCUT2D eigenvalue weighted by Crippen LogP contribution is 2.23. The fourth-order valence-corrected chi connectivity index (χ4v) is 2.28. The molecule has 3 N–H and O–H groups in total. The molecular formula is C12H16ClN3O2. The van der Waals surface area contributed by atoms with E-state index >= 15 is 0 Å². The number of halogens is 1. The van der Waals surface area contributed by atoms with Gasteiger partial charge in [-0.2, -0.15) is 0 Å². The number of hydrogen-bond acceptors (Lipinski definition) is 4. The highest BCUT2D eigenvalue weighted by molar-refractivity contribution is 6.33. The first-order valence-electron chi connectivity index (χ1n) is 5.87. The van der Waals surface area contributed by atoms with E-state index in [0.29, 0.717) is 18.7 Å². The monoisotopic (exact) mass is 269 g/mol. The molecule has 0 aromatic carbocycles. The summed E-state index contributed by atoms with van der Waals surface area (Å²) in [4.78, 5) is 17.8. The number of aliphatic hydroxyl groups is 1. The minimum Gasteiger partial charge on any atom is -0.393 e. The summed E-state index contributed by atoms with van der Waals surface area (Å²) in [5, 5.41) is 9.80. The molecule has 1 amide bonds. The Bertz CT molecular complexity index is 465. The number of carbonyl (C=O) groups excluding carboxylic acids is 1. The molecule has 1 aliphatic rings. The number of pyridine rings is 1. The van der Waals surface area contributed by atoms with Crippen LogP contribution >= 0.6 is 11.6 Å². The summed E-state index contributed by atoms with van der Waals surface area (Å²) in [6.45, 7) is 2.97. The van der Waals surface area contributed by atoms with Crippen LogP contribution in [0.2, 0.25) is 5.02 Å². The van der Waals surface area contributed by atoms with Crippen molar-refractivity contribution in [2.45, 2.75) is 19.4 Å². The van der Waals surface area contributed by atoms with E-state index in [1.165, 1.54) is 12.3 Å². The molecule has 0 bridgehead atoms. The smallest absolute Gasteiger partial charge is 0.255 e. The molecule has 5 nitrogen and oxygen atoms in total. The number of likely N-dealkylation sites (tertiary alicyclic amines) is 1. The van der Waals surface area contributed by atoms with Gasteiger partial charge in [0.05, 0.1) is 16.7 Å². The predicted molar refractivity (Wildman–Crippen MR) is 69.4 cm³/mol. The molecule has 1 saturated heterocycles. The van der Waals surface area contributed by atoms with Crippen molar-refractivity contribution in [2.75, 3.05) is 18.8 Å². The Morgan fingerprint density at radius 3 is 3.00 bits per heavy atom. The molecule has 1 aromatic heterocycles. The van der Waals surface area contributed by atoms with E-state index in [1.807, 2.05) is 0 Å². The standard InChI is InChI=1S/C12H16ClN3O2/c1-7(17)8-2-3-16(6-8)12(18)9-4-10(13)11(14)15-5-9/h4-5,7-8,17H,2-3,6H2,1H3,(H2,14,15). The highest BCUT2D eigenvalue weighted by Gasteiger charge is 2.29. The van der Waals surface area contributed by atoms with E-state index in [4.69, 9.17) is 17.3 Å². The molecular weight excluding hydrogens is 254 g/mol. The molecule has 1 fully saturated rings. The van der Waals surface area contributed by atoms with Gasteiger partial charge in [0.1, 0.15) is 5.82 Å². The van der Waals surface area contributed by atoms with Gasteiger partial charge in [-0.1, -0.05) is 11.6 Å². The maximum absolute atomic E-state index is 12.2. The molecule has 1 aromatic rings. The SMILES string of the molecule is CC(O)C1CCN(C(=O)c2cnc(N)c(Cl)c2)C1. The molecule has 0 aliphatic carbocycles. The summed E-state index contributed by atoms with van der Waals surface area (Å²) in [5.41, 5.74) is 5.93. The van der Waals surface area contributed by atoms with E-state index in [0.717, 1.165) is 6.42 Å². The Labute approximate surface area is 111 Å². The Kier molecular flexibility index (Phi) is 3.73. The van der Waals surface area contributed by atoms with Gasteiger partial charge >= 0.3 is 0 Å². The summed E-state index contributed by atoms with van der Waals surface area (Å²) in [7, 11) is 0. The van der Waals surface area contributed by atoms with Crippen LogP contribution in [0.3, 0.4) is 0 Å². The summed E-state index contributed by atoms with van der Waals surface area (Å²) in [6, 6.07) is 1.53. The van der Waals surface area contributed by atoms with Gasteiger partial charge in [-0.15, -0.1) is 0 Å². The maximum Gasteiger partial charge on any atom is 0.255 e. The summed E-state index contributed by atoms with van der Waals surface area (Å²) in [6.07, 6.45) is 1.86. The van der Waals surface area contributed by atoms with Gasteiger partial charge < -0.3 is 15.7 Å². The number of rotatable bonds is 2. The predicted octanol–water partition coefficient (Wildman–Crippen LogP) is 1.16. The first-order valence-corrected chi connectivity index (χ1v) is 6.25. The van der Waals surface area contributed by atoms with Crippen molar-refractivity contribution in [3.63, 3.8) is 0 Å². The van der Waals surface area contributed by atoms with Crippen LogP contribution in [0.1, 0.15) is 23.7 Å². The van der Waals surface area contributed by atoms with Gasteiger partial charge in [-0.25, -0.2) is 4.98 Å². The van der Waals surface area contributed by atoms with E-state index in [2.05, 4.69) is 4.98 Å². The zero-order chi connectivity index (χ0) is 13.3. The van der Waals surface area contributed by atoms with Crippen LogP contribution in [0.5, 0.6) is 0 Å². The summed E-state index contributed by atoms with van der Waals surface area (Å²) >= 11 is 5.85. The summed E-state index contributed by atoms with van der Waals surface area (Å²) < 4.78 is 0. The van der Waals surface area contributed by atoms with Crippen molar-refractivity contribution in [1.29, 1.82) is 0 Å². The molecule has 6 heteroatoms. The quantitative estimate of drug-likeness (QED) is 0.844. The highest BCUT2D eigenvalue weighted by atomic mass is 35.5. The van der Waals surface area contributed by atoms with Crippen LogP contribution < -0.4 is 5.73 Å². The molecule has 2 heterocycles. The third-order valence-electron chi connectivity index (χ3n) is 3.31. The Hall–Kier alpha value is -1.33. The van der Waals surface area contributed by atoms with Crippen LogP contribution in [-0.4, -0.2) is 40.1 Å². The van der Waals surface area contributed by atoms with Crippen molar-refractivity contribution < 1.29 is 9.90 Å². The van der Waals surface area contributed by atoms with Gasteiger partial charge in [0.15, 0.2) is 0 Å². The van der Waals surface area contributed by atoms with E-state index < -0.39 is 6.10 Å². The molecule has 2 rings (SSSR count). The fourth-order valence-electron chi connectivity index (χ4n) is 2.11. The molecule has 2 atom stereocenters. The lowest BCUT2D eigenvalue weighted by atomic mass is 10.0. The normalized spacial score (nSPS) is 21.1.